The Morgan fingerprint density at radius 3 is 2.20 bits per heavy atom. The Labute approximate surface area is 157 Å². The fourth-order valence-electron chi connectivity index (χ4n) is 1.88. The van der Waals surface area contributed by atoms with Gasteiger partial charge in [0.25, 0.3) is 0 Å². The number of aromatic nitrogens is 2. The van der Waals surface area contributed by atoms with E-state index in [1.54, 1.807) is 32.4 Å². The molecular formula is C17H21ClN4O2S. The molecule has 1 unspecified atom stereocenters. The third kappa shape index (κ3) is 6.17. The molecule has 0 radical (unpaired) electrons. The van der Waals surface area contributed by atoms with Gasteiger partial charge in [0.1, 0.15) is 0 Å². The highest BCUT2D eigenvalue weighted by Crippen LogP contribution is 2.29. The zero-order valence-electron chi connectivity index (χ0n) is 14.6. The van der Waals surface area contributed by atoms with Crippen molar-refractivity contribution in [3.63, 3.8) is 0 Å². The lowest BCUT2D eigenvalue weighted by Crippen LogP contribution is -2.15. The van der Waals surface area contributed by atoms with E-state index >= 15 is 0 Å². The number of ether oxygens (including phenoxy) is 2. The Morgan fingerprint density at radius 1 is 1.08 bits per heavy atom. The highest BCUT2D eigenvalue weighted by atomic mass is 35.5. The Morgan fingerprint density at radius 2 is 1.68 bits per heavy atom. The van der Waals surface area contributed by atoms with Gasteiger partial charge >= 0.3 is 0 Å². The number of hydrogen-bond donors (Lipinski definition) is 0. The summed E-state index contributed by atoms with van der Waals surface area (Å²) in [6.45, 7) is 4.81. The molecule has 0 aliphatic heterocycles. The Balaban J connectivity index is 2.06. The van der Waals surface area contributed by atoms with Crippen LogP contribution in [-0.2, 0) is 0 Å². The summed E-state index contributed by atoms with van der Waals surface area (Å²) in [6, 6.07) is 8.90. The molecule has 0 N–H and O–H groups in total. The van der Waals surface area contributed by atoms with Crippen molar-refractivity contribution in [3.05, 3.63) is 35.4 Å². The first-order valence-electron chi connectivity index (χ1n) is 7.78. The predicted molar refractivity (Wildman–Crippen MR) is 100 cm³/mol. The maximum atomic E-state index is 5.87. The largest absolute Gasteiger partial charge is 0.481 e. The quantitative estimate of drug-likeness (QED) is 0.364. The van der Waals surface area contributed by atoms with Crippen molar-refractivity contribution >= 4 is 29.1 Å². The van der Waals surface area contributed by atoms with Gasteiger partial charge in [-0.1, -0.05) is 37.2 Å². The molecule has 1 aromatic carbocycles. The van der Waals surface area contributed by atoms with Gasteiger partial charge in [0.05, 0.1) is 32.5 Å². The van der Waals surface area contributed by atoms with Crippen LogP contribution < -0.4 is 9.47 Å². The first kappa shape index (κ1) is 19.5. The van der Waals surface area contributed by atoms with Gasteiger partial charge < -0.3 is 9.47 Å². The summed E-state index contributed by atoms with van der Waals surface area (Å²) in [5, 5.41) is 10.0. The normalized spacial score (nSPS) is 12.6. The first-order chi connectivity index (χ1) is 12.0. The van der Waals surface area contributed by atoms with Crippen LogP contribution in [0.3, 0.4) is 0 Å². The molecule has 0 spiro atoms. The predicted octanol–water partition coefficient (Wildman–Crippen LogP) is 5.05. The lowest BCUT2D eigenvalue weighted by Gasteiger charge is -2.17. The second-order valence-electron chi connectivity index (χ2n) is 5.54. The Bertz CT molecular complexity index is 688. The molecule has 1 heterocycles. The minimum atomic E-state index is 0.174. The number of benzene rings is 1. The molecule has 0 saturated carbocycles. The van der Waals surface area contributed by atoms with Crippen LogP contribution in [0.5, 0.6) is 11.8 Å². The van der Waals surface area contributed by atoms with Crippen molar-refractivity contribution in [2.75, 3.05) is 20.8 Å². The van der Waals surface area contributed by atoms with Gasteiger partial charge in [0.15, 0.2) is 5.16 Å². The van der Waals surface area contributed by atoms with E-state index in [-0.39, 0.29) is 5.25 Å². The van der Waals surface area contributed by atoms with Crippen molar-refractivity contribution in [2.24, 2.45) is 16.1 Å². The zero-order chi connectivity index (χ0) is 18.2. The van der Waals surface area contributed by atoms with E-state index in [4.69, 9.17) is 21.1 Å². The highest BCUT2D eigenvalue weighted by Gasteiger charge is 2.18. The molecule has 1 aromatic heterocycles. The van der Waals surface area contributed by atoms with Gasteiger partial charge in [0.2, 0.25) is 11.8 Å². The first-order valence-corrected chi connectivity index (χ1v) is 9.04. The standard InChI is InChI=1S/C17H21ClN4O2S/c1-11(2)14(10-19-22-13-7-5-12(18)6-8-13)25-17-20-15(23-3)9-16(21-17)24-4/h5-9,11,14H,10H2,1-4H3. The lowest BCUT2D eigenvalue weighted by molar-refractivity contribution is 0.364. The minimum Gasteiger partial charge on any atom is -0.481 e. The summed E-state index contributed by atoms with van der Waals surface area (Å²) in [5.74, 6) is 1.31. The fraction of sp³-hybridized carbons (Fsp3) is 0.412. The monoisotopic (exact) mass is 380 g/mol. The van der Waals surface area contributed by atoms with E-state index in [1.807, 2.05) is 12.1 Å². The van der Waals surface area contributed by atoms with Gasteiger partial charge in [0, 0.05) is 10.3 Å². The molecule has 25 heavy (non-hydrogen) atoms. The Kier molecular flexibility index (Phi) is 7.46. The number of halogens is 1. The molecule has 6 nitrogen and oxygen atoms in total. The van der Waals surface area contributed by atoms with Crippen molar-refractivity contribution in [2.45, 2.75) is 24.3 Å². The van der Waals surface area contributed by atoms with Gasteiger partial charge in [-0.25, -0.2) is 0 Å². The maximum Gasteiger partial charge on any atom is 0.220 e. The van der Waals surface area contributed by atoms with E-state index in [0.29, 0.717) is 34.4 Å². The van der Waals surface area contributed by atoms with Gasteiger partial charge in [-0.2, -0.15) is 20.2 Å². The maximum absolute atomic E-state index is 5.87. The summed E-state index contributed by atoms with van der Waals surface area (Å²) in [4.78, 5) is 8.72. The van der Waals surface area contributed by atoms with Crippen molar-refractivity contribution in [3.8, 4) is 11.8 Å². The van der Waals surface area contributed by atoms with Crippen molar-refractivity contribution in [1.82, 2.24) is 9.97 Å². The van der Waals surface area contributed by atoms with Gasteiger partial charge in [-0.3, -0.25) is 0 Å². The van der Waals surface area contributed by atoms with Crippen molar-refractivity contribution in [1.29, 1.82) is 0 Å². The van der Waals surface area contributed by atoms with E-state index in [9.17, 15) is 0 Å². The van der Waals surface area contributed by atoms with Gasteiger partial charge in [-0.05, 0) is 30.2 Å². The van der Waals surface area contributed by atoms with Crippen LogP contribution in [0.1, 0.15) is 13.8 Å². The number of thioether (sulfide) groups is 1. The van der Waals surface area contributed by atoms with Crippen LogP contribution in [0.2, 0.25) is 5.02 Å². The summed E-state index contributed by atoms with van der Waals surface area (Å²) in [6.07, 6.45) is 0. The highest BCUT2D eigenvalue weighted by molar-refractivity contribution is 7.99. The number of rotatable bonds is 8. The molecule has 0 aliphatic rings. The van der Waals surface area contributed by atoms with E-state index in [0.717, 1.165) is 5.69 Å². The molecule has 2 aromatic rings. The second-order valence-corrected chi connectivity index (χ2v) is 7.18. The number of azo groups is 1. The van der Waals surface area contributed by atoms with Crippen LogP contribution in [0.15, 0.2) is 45.7 Å². The molecule has 0 aliphatic carbocycles. The molecule has 0 amide bonds. The zero-order valence-corrected chi connectivity index (χ0v) is 16.2. The van der Waals surface area contributed by atoms with Crippen LogP contribution >= 0.6 is 23.4 Å². The summed E-state index contributed by atoms with van der Waals surface area (Å²) in [7, 11) is 3.13. The molecule has 2 rings (SSSR count). The lowest BCUT2D eigenvalue weighted by atomic mass is 10.1. The summed E-state index contributed by atoms with van der Waals surface area (Å²) < 4.78 is 10.4. The molecule has 8 heteroatoms. The molecule has 0 saturated heterocycles. The SMILES string of the molecule is COc1cc(OC)nc(SC(CN=Nc2ccc(Cl)cc2)C(C)C)n1. The number of hydrogen-bond acceptors (Lipinski definition) is 7. The van der Waals surface area contributed by atoms with Crippen molar-refractivity contribution < 1.29 is 9.47 Å². The smallest absolute Gasteiger partial charge is 0.220 e. The Hall–Kier alpha value is -1.86. The molecule has 134 valence electrons. The molecule has 0 fully saturated rings. The fourth-order valence-corrected chi connectivity index (χ4v) is 2.97. The van der Waals surface area contributed by atoms with E-state index in [2.05, 4.69) is 34.0 Å². The van der Waals surface area contributed by atoms with Crippen LogP contribution in [0.25, 0.3) is 0 Å². The van der Waals surface area contributed by atoms with Crippen LogP contribution in [0.4, 0.5) is 5.69 Å². The van der Waals surface area contributed by atoms with E-state index < -0.39 is 0 Å². The summed E-state index contributed by atoms with van der Waals surface area (Å²) >= 11 is 7.40. The topological polar surface area (TPSA) is 69.0 Å². The molecule has 1 atom stereocenters. The number of nitrogens with zero attached hydrogens (tertiary/aromatic N) is 4. The molecular weight excluding hydrogens is 360 g/mol. The van der Waals surface area contributed by atoms with Crippen LogP contribution in [-0.4, -0.2) is 36.0 Å². The molecule has 0 bridgehead atoms. The summed E-state index contributed by atoms with van der Waals surface area (Å²) in [5.41, 5.74) is 0.774. The average molecular weight is 381 g/mol. The van der Waals surface area contributed by atoms with Crippen LogP contribution in [0, 0.1) is 5.92 Å². The number of methoxy groups -OCH3 is 2. The second kappa shape index (κ2) is 9.58. The third-order valence-electron chi connectivity index (χ3n) is 3.35. The average Bonchev–Trinajstić information content (AvgIpc) is 2.62. The van der Waals surface area contributed by atoms with Gasteiger partial charge in [-0.15, -0.1) is 0 Å². The van der Waals surface area contributed by atoms with E-state index in [1.165, 1.54) is 11.8 Å². The minimum absolute atomic E-state index is 0.174. The third-order valence-corrected chi connectivity index (χ3v) is 4.99.